The maximum absolute atomic E-state index is 10.3. The molecule has 0 aliphatic rings. The number of carbonyl (C=O) groups is 1. The molecule has 0 unspecified atom stereocenters. The van der Waals surface area contributed by atoms with Crippen molar-refractivity contribution >= 4 is 5.97 Å². The maximum Gasteiger partial charge on any atom is 0.330 e. The van der Waals surface area contributed by atoms with Crippen molar-refractivity contribution in [2.24, 2.45) is 0 Å². The minimum absolute atomic E-state index is 0.123. The lowest BCUT2D eigenvalue weighted by atomic mass is 10.5. The van der Waals surface area contributed by atoms with Crippen LogP contribution in [0.4, 0.5) is 0 Å². The zero-order valence-electron chi connectivity index (χ0n) is 5.41. The summed E-state index contributed by atoms with van der Waals surface area (Å²) in [6.45, 7) is 3.32. The third kappa shape index (κ3) is 4.60. The van der Waals surface area contributed by atoms with Gasteiger partial charge < -0.3 is 4.74 Å². The van der Waals surface area contributed by atoms with Gasteiger partial charge in [-0.05, 0) is 6.08 Å². The summed E-state index contributed by atoms with van der Waals surface area (Å²) in [5, 5.41) is 7.99. The molecular weight excluding hydrogens is 130 g/mol. The minimum Gasteiger partial charge on any atom is -0.458 e. The first-order valence-electron chi connectivity index (χ1n) is 2.65. The van der Waals surface area contributed by atoms with Crippen molar-refractivity contribution in [1.82, 2.24) is 0 Å². The molecule has 0 amide bonds. The molecule has 3 heteroatoms. The van der Waals surface area contributed by atoms with Crippen molar-refractivity contribution in [3.05, 3.63) is 24.8 Å². The van der Waals surface area contributed by atoms with Crippen molar-refractivity contribution < 1.29 is 9.53 Å². The molecule has 0 spiro atoms. The number of hydrogen-bond donors (Lipinski definition) is 0. The summed E-state index contributed by atoms with van der Waals surface area (Å²) in [6.07, 6.45) is 3.76. The first-order chi connectivity index (χ1) is 4.81. The number of ether oxygens (including phenoxy) is 1. The van der Waals surface area contributed by atoms with Gasteiger partial charge in [0.15, 0.2) is 0 Å². The van der Waals surface area contributed by atoms with Crippen molar-refractivity contribution in [1.29, 1.82) is 5.26 Å². The van der Waals surface area contributed by atoms with Crippen molar-refractivity contribution in [3.8, 4) is 6.07 Å². The number of hydrogen-bond acceptors (Lipinski definition) is 3. The molecule has 0 aliphatic heterocycles. The van der Waals surface area contributed by atoms with Crippen LogP contribution in [0, 0.1) is 11.3 Å². The van der Waals surface area contributed by atoms with Gasteiger partial charge in [0.2, 0.25) is 0 Å². The number of carbonyl (C=O) groups excluding carboxylic acids is 1. The first-order valence-corrected chi connectivity index (χ1v) is 2.65. The fourth-order valence-corrected chi connectivity index (χ4v) is 0.290. The number of nitriles is 1. The van der Waals surface area contributed by atoms with Gasteiger partial charge in [0.25, 0.3) is 0 Å². The number of allylic oxidation sites excluding steroid dienone is 1. The summed E-state index contributed by atoms with van der Waals surface area (Å²) in [6, 6.07) is 1.76. The predicted octanol–water partition coefficient (Wildman–Crippen LogP) is 0.795. The number of nitrogens with zero attached hydrogens (tertiary/aromatic N) is 1. The van der Waals surface area contributed by atoms with Crippen LogP contribution < -0.4 is 0 Å². The molecule has 0 N–H and O–H groups in total. The normalized spacial score (nSPS) is 8.70. The Morgan fingerprint density at radius 1 is 1.80 bits per heavy atom. The molecule has 0 aromatic rings. The third-order valence-electron chi connectivity index (χ3n) is 0.681. The molecule has 0 aliphatic carbocycles. The highest BCUT2D eigenvalue weighted by molar-refractivity contribution is 5.81. The van der Waals surface area contributed by atoms with Gasteiger partial charge in [-0.1, -0.05) is 6.58 Å². The molecule has 0 aromatic carbocycles. The molecule has 0 atom stereocenters. The largest absolute Gasteiger partial charge is 0.458 e. The predicted molar refractivity (Wildman–Crippen MR) is 35.9 cm³/mol. The molecule has 0 saturated heterocycles. The second-order valence-electron chi connectivity index (χ2n) is 1.37. The second-order valence-corrected chi connectivity index (χ2v) is 1.37. The van der Waals surface area contributed by atoms with E-state index in [2.05, 4.69) is 11.3 Å². The quantitative estimate of drug-likeness (QED) is 0.328. The number of rotatable bonds is 3. The van der Waals surface area contributed by atoms with Crippen LogP contribution in [0.3, 0.4) is 0 Å². The lowest BCUT2D eigenvalue weighted by Gasteiger charge is -1.92. The molecule has 0 aromatic heterocycles. The molecule has 0 rings (SSSR count). The van der Waals surface area contributed by atoms with E-state index in [-0.39, 0.29) is 6.61 Å². The molecule has 10 heavy (non-hydrogen) atoms. The van der Waals surface area contributed by atoms with E-state index in [1.165, 1.54) is 12.2 Å². The average molecular weight is 137 g/mol. The van der Waals surface area contributed by atoms with Gasteiger partial charge in [-0.25, -0.2) is 4.79 Å². The topological polar surface area (TPSA) is 50.1 Å². The van der Waals surface area contributed by atoms with Crippen LogP contribution in [0.1, 0.15) is 0 Å². The summed E-state index contributed by atoms with van der Waals surface area (Å²) in [5.41, 5.74) is 0. The molecule has 52 valence electrons. The van der Waals surface area contributed by atoms with Gasteiger partial charge in [-0.3, -0.25) is 0 Å². The summed E-state index contributed by atoms with van der Waals surface area (Å²) in [7, 11) is 0. The highest BCUT2D eigenvalue weighted by Gasteiger charge is 1.88. The van der Waals surface area contributed by atoms with E-state index in [0.29, 0.717) is 0 Å². The van der Waals surface area contributed by atoms with E-state index in [1.807, 2.05) is 0 Å². The molecule has 0 radical (unpaired) electrons. The monoisotopic (exact) mass is 137 g/mol. The minimum atomic E-state index is -0.484. The van der Waals surface area contributed by atoms with Crippen molar-refractivity contribution in [3.63, 3.8) is 0 Å². The molecule has 0 heterocycles. The van der Waals surface area contributed by atoms with E-state index >= 15 is 0 Å². The van der Waals surface area contributed by atoms with Gasteiger partial charge in [-0.15, -0.1) is 0 Å². The van der Waals surface area contributed by atoms with E-state index < -0.39 is 5.97 Å². The first kappa shape index (κ1) is 8.44. The summed E-state index contributed by atoms with van der Waals surface area (Å²) in [5.74, 6) is -0.484. The lowest BCUT2D eigenvalue weighted by Crippen LogP contribution is -1.98. The zero-order valence-corrected chi connectivity index (χ0v) is 5.41. The van der Waals surface area contributed by atoms with Crippen molar-refractivity contribution in [2.75, 3.05) is 6.61 Å². The fourth-order valence-electron chi connectivity index (χ4n) is 0.290. The highest BCUT2D eigenvalue weighted by atomic mass is 16.5. The van der Waals surface area contributed by atoms with E-state index in [9.17, 15) is 4.79 Å². The fraction of sp³-hybridized carbons (Fsp3) is 0.143. The second kappa shape index (κ2) is 5.57. The van der Waals surface area contributed by atoms with Crippen LogP contribution in [-0.2, 0) is 9.53 Å². The average Bonchev–Trinajstić information content (AvgIpc) is 1.98. The van der Waals surface area contributed by atoms with E-state index in [4.69, 9.17) is 5.26 Å². The van der Waals surface area contributed by atoms with Crippen LogP contribution in [0.5, 0.6) is 0 Å². The van der Waals surface area contributed by atoms with Gasteiger partial charge in [0.05, 0.1) is 6.07 Å². The van der Waals surface area contributed by atoms with Crippen LogP contribution in [0.15, 0.2) is 24.8 Å². The molecule has 0 fully saturated rings. The SMILES string of the molecule is C=CC(=O)OCC=CC#N. The molecule has 0 saturated carbocycles. The molecule has 0 bridgehead atoms. The summed E-state index contributed by atoms with van der Waals surface area (Å²) >= 11 is 0. The van der Waals surface area contributed by atoms with Crippen LogP contribution in [0.25, 0.3) is 0 Å². The highest BCUT2D eigenvalue weighted by Crippen LogP contribution is 1.79. The Hall–Kier alpha value is -1.56. The third-order valence-corrected chi connectivity index (χ3v) is 0.681. The Bertz CT molecular complexity index is 188. The Balaban J connectivity index is 3.39. The van der Waals surface area contributed by atoms with Gasteiger partial charge in [0.1, 0.15) is 6.61 Å². The van der Waals surface area contributed by atoms with Crippen molar-refractivity contribution in [2.45, 2.75) is 0 Å². The number of esters is 1. The van der Waals surface area contributed by atoms with E-state index in [1.54, 1.807) is 6.07 Å². The van der Waals surface area contributed by atoms with Gasteiger partial charge in [-0.2, -0.15) is 5.26 Å². The Labute approximate surface area is 59.2 Å². The van der Waals surface area contributed by atoms with Crippen LogP contribution in [0.2, 0.25) is 0 Å². The standard InChI is InChI=1S/C7H7NO2/c1-2-7(9)10-6-4-3-5-8/h2-4H,1,6H2. The zero-order chi connectivity index (χ0) is 7.82. The van der Waals surface area contributed by atoms with Gasteiger partial charge >= 0.3 is 5.97 Å². The van der Waals surface area contributed by atoms with Gasteiger partial charge in [0, 0.05) is 12.2 Å². The maximum atomic E-state index is 10.3. The molecule has 3 nitrogen and oxygen atoms in total. The lowest BCUT2D eigenvalue weighted by molar-refractivity contribution is -0.136. The van der Waals surface area contributed by atoms with E-state index in [0.717, 1.165) is 6.08 Å². The summed E-state index contributed by atoms with van der Waals surface area (Å²) in [4.78, 5) is 10.3. The Morgan fingerprint density at radius 3 is 3.00 bits per heavy atom. The van der Waals surface area contributed by atoms with Crippen LogP contribution in [-0.4, -0.2) is 12.6 Å². The molecular formula is C7H7NO2. The Kier molecular flexibility index (Phi) is 4.70. The van der Waals surface area contributed by atoms with Crippen LogP contribution >= 0.6 is 0 Å². The Morgan fingerprint density at radius 2 is 2.50 bits per heavy atom. The smallest absolute Gasteiger partial charge is 0.330 e. The summed E-state index contributed by atoms with van der Waals surface area (Å²) < 4.78 is 4.50.